The maximum absolute atomic E-state index is 10.7. The molecule has 6 N–H and O–H groups in total. The van der Waals surface area contributed by atoms with Crippen LogP contribution in [0.3, 0.4) is 0 Å². The molecule has 0 bridgehead atoms. The van der Waals surface area contributed by atoms with Crippen molar-refractivity contribution < 1.29 is 20.3 Å². The molecule has 1 atom stereocenters. The first-order chi connectivity index (χ1) is 6.56. The van der Waals surface area contributed by atoms with Gasteiger partial charge in [0.1, 0.15) is 0 Å². The van der Waals surface area contributed by atoms with E-state index < -0.39 is 11.2 Å². The largest absolute Gasteiger partial charge is 0.595 e. The van der Waals surface area contributed by atoms with E-state index in [1.165, 1.54) is 12.1 Å². The van der Waals surface area contributed by atoms with E-state index in [9.17, 15) is 10.0 Å². The molecule has 1 aromatic carbocycles. The number of carboxylic acids is 1. The van der Waals surface area contributed by atoms with Gasteiger partial charge < -0.3 is 15.7 Å². The number of hydrogen-bond acceptors (Lipinski definition) is 5. The van der Waals surface area contributed by atoms with Crippen LogP contribution in [0.5, 0.6) is 0 Å². The summed E-state index contributed by atoms with van der Waals surface area (Å²) in [5.41, 5.74) is 2.07. The number of nitrogen functional groups attached to an aromatic ring is 1. The highest BCUT2D eigenvalue weighted by Crippen LogP contribution is 2.17. The van der Waals surface area contributed by atoms with Crippen LogP contribution < -0.4 is 16.5 Å². The molecule has 0 fully saturated rings. The van der Waals surface area contributed by atoms with Crippen molar-refractivity contribution in [2.75, 3.05) is 5.43 Å². The molecule has 0 aliphatic rings. The SMILES string of the molecule is NNc1ccc([NH+]([O-])O)cc1C(=O)O. The summed E-state index contributed by atoms with van der Waals surface area (Å²) in [5.74, 6) is 3.82. The van der Waals surface area contributed by atoms with Crippen molar-refractivity contribution in [1.29, 1.82) is 0 Å². The van der Waals surface area contributed by atoms with Crippen LogP contribution >= 0.6 is 0 Å². The van der Waals surface area contributed by atoms with Crippen LogP contribution in [0.4, 0.5) is 11.4 Å². The van der Waals surface area contributed by atoms with Crippen molar-refractivity contribution in [3.05, 3.63) is 29.0 Å². The van der Waals surface area contributed by atoms with Gasteiger partial charge in [0, 0.05) is 12.1 Å². The normalized spacial score (nSPS) is 12.2. The van der Waals surface area contributed by atoms with E-state index in [-0.39, 0.29) is 16.9 Å². The molecule has 14 heavy (non-hydrogen) atoms. The van der Waals surface area contributed by atoms with E-state index in [2.05, 4.69) is 5.43 Å². The molecule has 0 aromatic heterocycles. The van der Waals surface area contributed by atoms with Gasteiger partial charge in [-0.3, -0.25) is 5.84 Å². The minimum absolute atomic E-state index is 0.0959. The third kappa shape index (κ3) is 1.98. The van der Waals surface area contributed by atoms with Gasteiger partial charge in [-0.25, -0.2) is 10.0 Å². The minimum atomic E-state index is -1.24. The Morgan fingerprint density at radius 2 is 2.21 bits per heavy atom. The van der Waals surface area contributed by atoms with E-state index in [0.29, 0.717) is 0 Å². The van der Waals surface area contributed by atoms with Crippen LogP contribution in [0.25, 0.3) is 0 Å². The van der Waals surface area contributed by atoms with Crippen LogP contribution in [0.15, 0.2) is 18.2 Å². The van der Waals surface area contributed by atoms with Crippen LogP contribution in [0.1, 0.15) is 10.4 Å². The third-order valence-electron chi connectivity index (χ3n) is 1.65. The van der Waals surface area contributed by atoms with Gasteiger partial charge >= 0.3 is 5.97 Å². The summed E-state index contributed by atoms with van der Waals surface area (Å²) in [4.78, 5) is 10.7. The number of quaternary nitrogens is 1. The first kappa shape index (κ1) is 10.4. The molecule has 0 spiro atoms. The Hall–Kier alpha value is -1.67. The molecule has 0 amide bonds. The summed E-state index contributed by atoms with van der Waals surface area (Å²) in [5, 5.41) is 26.7. The predicted molar refractivity (Wildman–Crippen MR) is 47.0 cm³/mol. The molecule has 76 valence electrons. The number of hydrogen-bond donors (Lipinski definition) is 5. The van der Waals surface area contributed by atoms with Gasteiger partial charge in [0.25, 0.3) is 0 Å². The second kappa shape index (κ2) is 4.03. The molecule has 0 saturated heterocycles. The summed E-state index contributed by atoms with van der Waals surface area (Å²) < 4.78 is 0. The molecule has 0 aliphatic heterocycles. The van der Waals surface area contributed by atoms with Gasteiger partial charge in [-0.15, -0.1) is 0 Å². The van der Waals surface area contributed by atoms with Crippen molar-refractivity contribution in [3.8, 4) is 0 Å². The number of carboxylic acid groups (broad SMARTS) is 1. The molecule has 7 nitrogen and oxygen atoms in total. The maximum Gasteiger partial charge on any atom is 0.338 e. The molecule has 0 aliphatic carbocycles. The fourth-order valence-corrected chi connectivity index (χ4v) is 0.980. The van der Waals surface area contributed by atoms with Crippen molar-refractivity contribution in [3.63, 3.8) is 0 Å². The average molecular weight is 199 g/mol. The quantitative estimate of drug-likeness (QED) is 0.316. The Balaban J connectivity index is 3.21. The zero-order chi connectivity index (χ0) is 10.7. The van der Waals surface area contributed by atoms with Gasteiger partial charge in [-0.1, -0.05) is 0 Å². The van der Waals surface area contributed by atoms with Gasteiger partial charge in [-0.2, -0.15) is 5.23 Å². The van der Waals surface area contributed by atoms with Crippen molar-refractivity contribution in [2.24, 2.45) is 5.84 Å². The molecule has 0 saturated carbocycles. The molecule has 1 unspecified atom stereocenters. The fourth-order valence-electron chi connectivity index (χ4n) is 0.980. The Morgan fingerprint density at radius 1 is 1.57 bits per heavy atom. The lowest BCUT2D eigenvalue weighted by Gasteiger charge is -2.13. The molecule has 0 radical (unpaired) electrons. The summed E-state index contributed by atoms with van der Waals surface area (Å²) in [6, 6.07) is 3.61. The zero-order valence-electron chi connectivity index (χ0n) is 7.02. The second-order valence-corrected chi connectivity index (χ2v) is 2.52. The Bertz CT molecular complexity index is 353. The Kier molecular flexibility index (Phi) is 2.99. The summed E-state index contributed by atoms with van der Waals surface area (Å²) in [6.07, 6.45) is 0. The van der Waals surface area contributed by atoms with Gasteiger partial charge in [0.05, 0.1) is 11.3 Å². The lowest BCUT2D eigenvalue weighted by atomic mass is 10.1. The van der Waals surface area contributed by atoms with E-state index in [4.69, 9.17) is 16.2 Å². The van der Waals surface area contributed by atoms with Crippen LogP contribution in [-0.4, -0.2) is 16.3 Å². The first-order valence-corrected chi connectivity index (χ1v) is 3.63. The molecule has 1 aromatic rings. The molecular formula is C7H9N3O4. The number of anilines is 1. The van der Waals surface area contributed by atoms with Crippen molar-refractivity contribution >= 4 is 17.3 Å². The number of nitrogens with one attached hydrogen (secondary N) is 2. The fraction of sp³-hybridized carbons (Fsp3) is 0. The predicted octanol–water partition coefficient (Wildman–Crippen LogP) is -0.926. The summed E-state index contributed by atoms with van der Waals surface area (Å²) >= 11 is 0. The smallest absolute Gasteiger partial charge is 0.338 e. The first-order valence-electron chi connectivity index (χ1n) is 3.63. The average Bonchev–Trinajstić information content (AvgIpc) is 2.16. The minimum Gasteiger partial charge on any atom is -0.595 e. The van der Waals surface area contributed by atoms with Crippen LogP contribution in [0.2, 0.25) is 0 Å². The van der Waals surface area contributed by atoms with E-state index in [1.54, 1.807) is 0 Å². The highest BCUT2D eigenvalue weighted by atomic mass is 16.8. The molecule has 1 rings (SSSR count). The molecule has 0 heterocycles. The van der Waals surface area contributed by atoms with E-state index >= 15 is 0 Å². The molecular weight excluding hydrogens is 190 g/mol. The number of benzene rings is 1. The number of carbonyl (C=O) groups is 1. The highest BCUT2D eigenvalue weighted by molar-refractivity contribution is 5.94. The standard InChI is InChI=1S/C7H9N3O4/c8-9-6-2-1-4(10(13)14)3-5(6)7(11)12/h1-3,9-10,13H,8H2,(H,11,12). The number of hydrazine groups is 1. The maximum atomic E-state index is 10.7. The Morgan fingerprint density at radius 3 is 2.64 bits per heavy atom. The van der Waals surface area contributed by atoms with Gasteiger partial charge in [0.2, 0.25) is 0 Å². The van der Waals surface area contributed by atoms with E-state index in [1.807, 2.05) is 0 Å². The lowest BCUT2D eigenvalue weighted by molar-refractivity contribution is -0.991. The lowest BCUT2D eigenvalue weighted by Crippen LogP contribution is -2.99. The topological polar surface area (TPSA) is 123 Å². The Labute approximate surface area is 78.9 Å². The van der Waals surface area contributed by atoms with E-state index in [0.717, 1.165) is 6.07 Å². The van der Waals surface area contributed by atoms with Crippen LogP contribution in [0, 0.1) is 5.21 Å². The van der Waals surface area contributed by atoms with Gasteiger partial charge in [0.15, 0.2) is 5.69 Å². The molecule has 7 heteroatoms. The monoisotopic (exact) mass is 199 g/mol. The number of nitrogens with two attached hydrogens (primary N) is 1. The number of rotatable bonds is 3. The van der Waals surface area contributed by atoms with Crippen LogP contribution in [-0.2, 0) is 0 Å². The highest BCUT2D eigenvalue weighted by Gasteiger charge is 2.12. The zero-order valence-corrected chi connectivity index (χ0v) is 7.02. The van der Waals surface area contributed by atoms with Crippen molar-refractivity contribution in [1.82, 2.24) is 0 Å². The third-order valence-corrected chi connectivity index (χ3v) is 1.65. The number of aromatic carboxylic acids is 1. The summed E-state index contributed by atoms with van der Waals surface area (Å²) in [7, 11) is 0. The van der Waals surface area contributed by atoms with Crippen molar-refractivity contribution in [2.45, 2.75) is 0 Å². The second-order valence-electron chi connectivity index (χ2n) is 2.52. The van der Waals surface area contributed by atoms with Gasteiger partial charge in [-0.05, 0) is 6.07 Å². The summed E-state index contributed by atoms with van der Waals surface area (Å²) in [6.45, 7) is 0.